The van der Waals surface area contributed by atoms with Crippen LogP contribution in [0.3, 0.4) is 0 Å². The van der Waals surface area contributed by atoms with Crippen molar-refractivity contribution >= 4 is 39.5 Å². The van der Waals surface area contributed by atoms with Gasteiger partial charge in [0.1, 0.15) is 5.01 Å². The molecule has 4 nitrogen and oxygen atoms in total. The normalized spacial score (nSPS) is 9.81. The second kappa shape index (κ2) is 5.00. The lowest BCUT2D eigenvalue weighted by Crippen LogP contribution is -2.18. The highest BCUT2D eigenvalue weighted by Gasteiger charge is 2.02. The van der Waals surface area contributed by atoms with Gasteiger partial charge in [-0.15, -0.1) is 10.2 Å². The Hall–Kier alpha value is -1.53. The zero-order chi connectivity index (χ0) is 11.4. The first-order chi connectivity index (χ1) is 7.74. The van der Waals surface area contributed by atoms with Gasteiger partial charge >= 0.3 is 0 Å². The maximum atomic E-state index is 5.14. The first kappa shape index (κ1) is 11.0. The molecule has 1 aromatic carbocycles. The Bertz CT molecular complexity index is 481. The largest absolute Gasteiger partial charge is 0.332 e. The lowest BCUT2D eigenvalue weighted by Gasteiger charge is -2.07. The van der Waals surface area contributed by atoms with Gasteiger partial charge in [-0.25, -0.2) is 0 Å². The maximum Gasteiger partial charge on any atom is 0.211 e. The van der Waals surface area contributed by atoms with Crippen LogP contribution in [-0.2, 0) is 0 Å². The summed E-state index contributed by atoms with van der Waals surface area (Å²) >= 11 is 6.61. The van der Waals surface area contributed by atoms with Gasteiger partial charge in [0.2, 0.25) is 5.13 Å². The summed E-state index contributed by atoms with van der Waals surface area (Å²) in [6.07, 6.45) is 0. The van der Waals surface area contributed by atoms with Crippen molar-refractivity contribution in [3.8, 4) is 0 Å². The number of hydrogen-bond acceptors (Lipinski definition) is 4. The van der Waals surface area contributed by atoms with Crippen molar-refractivity contribution in [1.29, 1.82) is 0 Å². The van der Waals surface area contributed by atoms with Crippen LogP contribution in [0.4, 0.5) is 10.8 Å². The Morgan fingerprint density at radius 2 is 1.94 bits per heavy atom. The number of rotatable bonds is 2. The molecule has 2 N–H and O–H groups in total. The molecule has 0 spiro atoms. The first-order valence-corrected chi connectivity index (χ1v) is 5.90. The van der Waals surface area contributed by atoms with Gasteiger partial charge in [-0.1, -0.05) is 29.5 Å². The predicted molar refractivity (Wildman–Crippen MR) is 70.9 cm³/mol. The number of para-hydroxylation sites is 1. The second-order valence-corrected chi connectivity index (χ2v) is 4.66. The minimum absolute atomic E-state index is 0.516. The van der Waals surface area contributed by atoms with E-state index in [-0.39, 0.29) is 0 Å². The SMILES string of the molecule is Cc1nnc(NC(=S)Nc2ccccc2)s1. The summed E-state index contributed by atoms with van der Waals surface area (Å²) in [6.45, 7) is 1.90. The van der Waals surface area contributed by atoms with Crippen LogP contribution in [0.25, 0.3) is 0 Å². The Labute approximate surface area is 103 Å². The van der Waals surface area contributed by atoms with Gasteiger partial charge in [-0.2, -0.15) is 0 Å². The average molecular weight is 250 g/mol. The van der Waals surface area contributed by atoms with Gasteiger partial charge in [0, 0.05) is 5.69 Å². The van der Waals surface area contributed by atoms with Crippen molar-refractivity contribution < 1.29 is 0 Å². The quantitative estimate of drug-likeness (QED) is 0.802. The van der Waals surface area contributed by atoms with E-state index in [0.717, 1.165) is 10.7 Å². The molecule has 1 heterocycles. The summed E-state index contributed by atoms with van der Waals surface area (Å²) in [5, 5.41) is 16.0. The average Bonchev–Trinajstić information content (AvgIpc) is 2.65. The topological polar surface area (TPSA) is 49.8 Å². The third kappa shape index (κ3) is 2.98. The molecule has 0 fully saturated rings. The number of aryl methyl sites for hydroxylation is 1. The van der Waals surface area contributed by atoms with Crippen LogP contribution >= 0.6 is 23.6 Å². The van der Waals surface area contributed by atoms with Crippen molar-refractivity contribution in [3.63, 3.8) is 0 Å². The van der Waals surface area contributed by atoms with E-state index in [1.807, 2.05) is 37.3 Å². The van der Waals surface area contributed by atoms with Gasteiger partial charge in [0.15, 0.2) is 5.11 Å². The number of hydrogen-bond donors (Lipinski definition) is 2. The molecule has 0 bridgehead atoms. The van der Waals surface area contributed by atoms with Crippen molar-refractivity contribution in [2.75, 3.05) is 10.6 Å². The number of nitrogens with zero attached hydrogens (tertiary/aromatic N) is 2. The first-order valence-electron chi connectivity index (χ1n) is 4.67. The number of aromatic nitrogens is 2. The molecule has 0 unspecified atom stereocenters. The monoisotopic (exact) mass is 250 g/mol. The molecule has 0 amide bonds. The molecule has 1 aromatic heterocycles. The number of thiocarbonyl (C=S) groups is 1. The van der Waals surface area contributed by atoms with Crippen LogP contribution in [0.2, 0.25) is 0 Å². The summed E-state index contributed by atoms with van der Waals surface area (Å²) in [4.78, 5) is 0. The molecule has 0 aliphatic carbocycles. The lowest BCUT2D eigenvalue weighted by atomic mass is 10.3. The number of anilines is 2. The Morgan fingerprint density at radius 1 is 1.19 bits per heavy atom. The fraction of sp³-hybridized carbons (Fsp3) is 0.100. The van der Waals surface area contributed by atoms with E-state index in [1.54, 1.807) is 0 Å². The van der Waals surface area contributed by atoms with E-state index in [4.69, 9.17) is 12.2 Å². The fourth-order valence-corrected chi connectivity index (χ4v) is 2.00. The van der Waals surface area contributed by atoms with Crippen molar-refractivity contribution in [2.45, 2.75) is 6.92 Å². The van der Waals surface area contributed by atoms with Gasteiger partial charge in [0.05, 0.1) is 0 Å². The van der Waals surface area contributed by atoms with Crippen LogP contribution in [0.15, 0.2) is 30.3 Å². The van der Waals surface area contributed by atoms with Crippen molar-refractivity contribution in [3.05, 3.63) is 35.3 Å². The molecule has 82 valence electrons. The summed E-state index contributed by atoms with van der Waals surface area (Å²) < 4.78 is 0. The van der Waals surface area contributed by atoms with Crippen molar-refractivity contribution in [1.82, 2.24) is 10.2 Å². The molecule has 0 saturated heterocycles. The molecular weight excluding hydrogens is 240 g/mol. The van der Waals surface area contributed by atoms with Gasteiger partial charge < -0.3 is 10.6 Å². The van der Waals surface area contributed by atoms with Gasteiger partial charge in [0.25, 0.3) is 0 Å². The van der Waals surface area contributed by atoms with E-state index in [9.17, 15) is 0 Å². The van der Waals surface area contributed by atoms with Crippen LogP contribution in [0, 0.1) is 6.92 Å². The standard InChI is InChI=1S/C10H10N4S2/c1-7-13-14-10(16-7)12-9(15)11-8-5-3-2-4-6-8/h2-6H,1H3,(H2,11,12,14,15). The van der Waals surface area contributed by atoms with E-state index in [2.05, 4.69) is 20.8 Å². The summed E-state index contributed by atoms with van der Waals surface area (Å²) in [7, 11) is 0. The number of nitrogens with one attached hydrogen (secondary N) is 2. The van der Waals surface area contributed by atoms with E-state index in [1.165, 1.54) is 11.3 Å². The molecule has 2 rings (SSSR count). The highest BCUT2D eigenvalue weighted by atomic mass is 32.1. The minimum Gasteiger partial charge on any atom is -0.332 e. The van der Waals surface area contributed by atoms with Crippen LogP contribution in [-0.4, -0.2) is 15.3 Å². The molecule has 0 atom stereocenters. The highest BCUT2D eigenvalue weighted by Crippen LogP contribution is 2.14. The predicted octanol–water partition coefficient (Wildman–Crippen LogP) is 2.66. The third-order valence-corrected chi connectivity index (χ3v) is 2.74. The summed E-state index contributed by atoms with van der Waals surface area (Å²) in [5.41, 5.74) is 0.946. The maximum absolute atomic E-state index is 5.14. The zero-order valence-electron chi connectivity index (χ0n) is 8.60. The molecule has 6 heteroatoms. The highest BCUT2D eigenvalue weighted by molar-refractivity contribution is 7.80. The summed E-state index contributed by atoms with van der Waals surface area (Å²) in [5.74, 6) is 0. The van der Waals surface area contributed by atoms with E-state index < -0.39 is 0 Å². The Kier molecular flexibility index (Phi) is 3.43. The molecular formula is C10H10N4S2. The smallest absolute Gasteiger partial charge is 0.211 e. The van der Waals surface area contributed by atoms with Crippen LogP contribution < -0.4 is 10.6 Å². The summed E-state index contributed by atoms with van der Waals surface area (Å²) in [6, 6.07) is 9.73. The molecule has 2 aromatic rings. The van der Waals surface area contributed by atoms with E-state index >= 15 is 0 Å². The van der Waals surface area contributed by atoms with Gasteiger partial charge in [-0.3, -0.25) is 0 Å². The van der Waals surface area contributed by atoms with Gasteiger partial charge in [-0.05, 0) is 31.3 Å². The molecule has 0 aliphatic rings. The van der Waals surface area contributed by atoms with E-state index in [0.29, 0.717) is 10.2 Å². The lowest BCUT2D eigenvalue weighted by molar-refractivity contribution is 1.05. The number of benzene rings is 1. The fourth-order valence-electron chi connectivity index (χ4n) is 1.13. The zero-order valence-corrected chi connectivity index (χ0v) is 10.2. The molecule has 0 aliphatic heterocycles. The Morgan fingerprint density at radius 3 is 2.56 bits per heavy atom. The molecule has 0 saturated carbocycles. The molecule has 16 heavy (non-hydrogen) atoms. The van der Waals surface area contributed by atoms with Crippen LogP contribution in [0.5, 0.6) is 0 Å². The minimum atomic E-state index is 0.516. The molecule has 0 radical (unpaired) electrons. The Balaban J connectivity index is 1.95. The second-order valence-electron chi connectivity index (χ2n) is 3.07. The third-order valence-electron chi connectivity index (χ3n) is 1.78. The van der Waals surface area contributed by atoms with Crippen molar-refractivity contribution in [2.24, 2.45) is 0 Å². The van der Waals surface area contributed by atoms with Crippen LogP contribution in [0.1, 0.15) is 5.01 Å².